The van der Waals surface area contributed by atoms with Crippen molar-refractivity contribution in [1.29, 1.82) is 0 Å². The number of fused-ring (bicyclic) bond motifs is 1. The molecule has 3 N–H and O–H groups in total. The second-order valence-electron chi connectivity index (χ2n) is 6.61. The Labute approximate surface area is 162 Å². The molecule has 0 saturated carbocycles. The van der Waals surface area contributed by atoms with Crippen LogP contribution in [0.5, 0.6) is 11.5 Å². The molecule has 0 radical (unpaired) electrons. The van der Waals surface area contributed by atoms with Crippen molar-refractivity contribution in [3.8, 4) is 11.5 Å². The maximum Gasteiger partial charge on any atom is 0.256 e. The first kappa shape index (κ1) is 19.2. The smallest absolute Gasteiger partial charge is 0.256 e. The molecule has 2 aromatic rings. The van der Waals surface area contributed by atoms with Crippen LogP contribution in [0.25, 0.3) is 0 Å². The van der Waals surface area contributed by atoms with Gasteiger partial charge in [-0.3, -0.25) is 9.59 Å². The molecule has 6 nitrogen and oxygen atoms in total. The molecule has 1 heterocycles. The van der Waals surface area contributed by atoms with Gasteiger partial charge in [-0.15, -0.1) is 11.3 Å². The van der Waals surface area contributed by atoms with Gasteiger partial charge in [0.1, 0.15) is 5.00 Å². The normalized spacial score (nSPS) is 15.7. The fraction of sp³-hybridized carbons (Fsp3) is 0.400. The van der Waals surface area contributed by atoms with Gasteiger partial charge in [0.2, 0.25) is 0 Å². The summed E-state index contributed by atoms with van der Waals surface area (Å²) >= 11 is 1.46. The first-order chi connectivity index (χ1) is 13.0. The SMILES string of the molecule is CCC1CCc2c(sc(NC(=O)c3ccc(OC)c(OC)c3)c2C(N)=O)C1. The molecule has 0 aliphatic heterocycles. The van der Waals surface area contributed by atoms with Crippen molar-refractivity contribution in [1.82, 2.24) is 0 Å². The Morgan fingerprint density at radius 1 is 1.26 bits per heavy atom. The number of primary amides is 1. The largest absolute Gasteiger partial charge is 0.493 e. The molecule has 1 unspecified atom stereocenters. The minimum absolute atomic E-state index is 0.316. The van der Waals surface area contributed by atoms with Crippen molar-refractivity contribution < 1.29 is 19.1 Å². The van der Waals surface area contributed by atoms with Gasteiger partial charge in [0.25, 0.3) is 11.8 Å². The van der Waals surface area contributed by atoms with Crippen molar-refractivity contribution in [2.24, 2.45) is 11.7 Å². The lowest BCUT2D eigenvalue weighted by molar-refractivity contribution is 0.1000. The van der Waals surface area contributed by atoms with E-state index in [2.05, 4.69) is 12.2 Å². The van der Waals surface area contributed by atoms with Gasteiger partial charge in [-0.25, -0.2) is 0 Å². The molecule has 3 rings (SSSR count). The molecule has 2 amide bonds. The average Bonchev–Trinajstić information content (AvgIpc) is 3.04. The summed E-state index contributed by atoms with van der Waals surface area (Å²) in [6.45, 7) is 2.18. The number of ether oxygens (including phenoxy) is 2. The van der Waals surface area contributed by atoms with E-state index in [-0.39, 0.29) is 5.91 Å². The minimum atomic E-state index is -0.495. The summed E-state index contributed by atoms with van der Waals surface area (Å²) in [5.74, 6) is 0.820. The molecule has 0 bridgehead atoms. The lowest BCUT2D eigenvalue weighted by Crippen LogP contribution is -2.19. The van der Waals surface area contributed by atoms with Gasteiger partial charge in [0, 0.05) is 10.4 Å². The quantitative estimate of drug-likeness (QED) is 0.791. The number of amides is 2. The summed E-state index contributed by atoms with van der Waals surface area (Å²) in [6, 6.07) is 4.94. The topological polar surface area (TPSA) is 90.7 Å². The molecule has 27 heavy (non-hydrogen) atoms. The third kappa shape index (κ3) is 3.78. The van der Waals surface area contributed by atoms with E-state index in [1.165, 1.54) is 25.6 Å². The van der Waals surface area contributed by atoms with Crippen LogP contribution in [0.4, 0.5) is 5.00 Å². The van der Waals surface area contributed by atoms with Crippen LogP contribution in [0.1, 0.15) is 50.9 Å². The van der Waals surface area contributed by atoms with Crippen molar-refractivity contribution in [3.05, 3.63) is 39.8 Å². The van der Waals surface area contributed by atoms with E-state index in [0.717, 1.165) is 36.1 Å². The molecule has 1 aliphatic rings. The zero-order valence-corrected chi connectivity index (χ0v) is 16.6. The van der Waals surface area contributed by atoms with Crippen LogP contribution in [0.2, 0.25) is 0 Å². The number of nitrogens with one attached hydrogen (secondary N) is 1. The molecule has 144 valence electrons. The Balaban J connectivity index is 1.90. The summed E-state index contributed by atoms with van der Waals surface area (Å²) in [7, 11) is 3.05. The highest BCUT2D eigenvalue weighted by molar-refractivity contribution is 7.17. The van der Waals surface area contributed by atoms with Crippen molar-refractivity contribution >= 4 is 28.2 Å². The number of hydrogen-bond donors (Lipinski definition) is 2. The summed E-state index contributed by atoms with van der Waals surface area (Å²) in [5, 5.41) is 3.40. The standard InChI is InChI=1S/C20H24N2O4S/c1-4-11-5-7-13-16(9-11)27-20(17(13)18(21)23)22-19(24)12-6-8-14(25-2)15(10-12)26-3/h6,8,10-11H,4-5,7,9H2,1-3H3,(H2,21,23)(H,22,24). The zero-order valence-electron chi connectivity index (χ0n) is 15.8. The predicted octanol–water partition coefficient (Wildman–Crippen LogP) is 3.63. The van der Waals surface area contributed by atoms with Gasteiger partial charge in [0.05, 0.1) is 19.8 Å². The van der Waals surface area contributed by atoms with Gasteiger partial charge >= 0.3 is 0 Å². The third-order valence-corrected chi connectivity index (χ3v) is 6.23. The number of carbonyl (C=O) groups is 2. The minimum Gasteiger partial charge on any atom is -0.493 e. The van der Waals surface area contributed by atoms with Crippen LogP contribution in [0.3, 0.4) is 0 Å². The first-order valence-electron chi connectivity index (χ1n) is 8.96. The Morgan fingerprint density at radius 3 is 2.63 bits per heavy atom. The number of benzene rings is 1. The van der Waals surface area contributed by atoms with E-state index in [1.807, 2.05) is 0 Å². The van der Waals surface area contributed by atoms with Gasteiger partial charge in [-0.05, 0) is 48.9 Å². The van der Waals surface area contributed by atoms with Crippen molar-refractivity contribution in [2.45, 2.75) is 32.6 Å². The van der Waals surface area contributed by atoms with Gasteiger partial charge in [0.15, 0.2) is 11.5 Å². The fourth-order valence-electron chi connectivity index (χ4n) is 3.50. The van der Waals surface area contributed by atoms with E-state index in [9.17, 15) is 9.59 Å². The number of rotatable bonds is 6. The summed E-state index contributed by atoms with van der Waals surface area (Å²) < 4.78 is 10.5. The van der Waals surface area contributed by atoms with Crippen LogP contribution >= 0.6 is 11.3 Å². The molecule has 1 atom stereocenters. The Morgan fingerprint density at radius 2 is 2.00 bits per heavy atom. The Bertz CT molecular complexity index is 875. The number of carbonyl (C=O) groups excluding carboxylic acids is 2. The monoisotopic (exact) mass is 388 g/mol. The van der Waals surface area contributed by atoms with E-state index >= 15 is 0 Å². The van der Waals surface area contributed by atoms with E-state index in [0.29, 0.717) is 33.5 Å². The highest BCUT2D eigenvalue weighted by atomic mass is 32.1. The molecule has 7 heteroatoms. The number of thiophene rings is 1. The average molecular weight is 388 g/mol. The van der Waals surface area contributed by atoms with E-state index in [1.54, 1.807) is 18.2 Å². The lowest BCUT2D eigenvalue weighted by Gasteiger charge is -2.20. The second-order valence-corrected chi connectivity index (χ2v) is 7.72. The van der Waals surface area contributed by atoms with Gasteiger partial charge < -0.3 is 20.5 Å². The van der Waals surface area contributed by atoms with Crippen LogP contribution in [0, 0.1) is 5.92 Å². The first-order valence-corrected chi connectivity index (χ1v) is 9.77. The van der Waals surface area contributed by atoms with E-state index < -0.39 is 5.91 Å². The van der Waals surface area contributed by atoms with Gasteiger partial charge in [-0.1, -0.05) is 13.3 Å². The Kier molecular flexibility index (Phi) is 5.70. The maximum absolute atomic E-state index is 12.7. The molecule has 0 spiro atoms. The van der Waals surface area contributed by atoms with E-state index in [4.69, 9.17) is 15.2 Å². The third-order valence-electron chi connectivity index (χ3n) is 5.06. The number of hydrogen-bond acceptors (Lipinski definition) is 5. The maximum atomic E-state index is 12.7. The number of methoxy groups -OCH3 is 2. The van der Waals surface area contributed by atoms with Gasteiger partial charge in [-0.2, -0.15) is 0 Å². The van der Waals surface area contributed by atoms with Crippen LogP contribution in [0.15, 0.2) is 18.2 Å². The summed E-state index contributed by atoms with van der Waals surface area (Å²) in [6.07, 6.45) is 3.91. The molecule has 1 aromatic carbocycles. The summed E-state index contributed by atoms with van der Waals surface area (Å²) in [5.41, 5.74) is 7.50. The molecule has 1 aromatic heterocycles. The molecule has 0 saturated heterocycles. The zero-order chi connectivity index (χ0) is 19.6. The van der Waals surface area contributed by atoms with Crippen molar-refractivity contribution in [2.75, 3.05) is 19.5 Å². The highest BCUT2D eigenvalue weighted by Gasteiger charge is 2.28. The van der Waals surface area contributed by atoms with Crippen molar-refractivity contribution in [3.63, 3.8) is 0 Å². The van der Waals surface area contributed by atoms with Crippen LogP contribution < -0.4 is 20.5 Å². The molecule has 0 fully saturated rings. The molecular weight excluding hydrogens is 364 g/mol. The predicted molar refractivity (Wildman–Crippen MR) is 106 cm³/mol. The molecule has 1 aliphatic carbocycles. The second kappa shape index (κ2) is 8.00. The number of nitrogens with two attached hydrogens (primary N) is 1. The molecular formula is C20H24N2O4S. The summed E-state index contributed by atoms with van der Waals surface area (Å²) in [4.78, 5) is 25.9. The fourth-order valence-corrected chi connectivity index (χ4v) is 4.87. The lowest BCUT2D eigenvalue weighted by atomic mass is 9.85. The Hall–Kier alpha value is -2.54. The van der Waals surface area contributed by atoms with Crippen LogP contribution in [-0.4, -0.2) is 26.0 Å². The highest BCUT2D eigenvalue weighted by Crippen LogP contribution is 2.40. The van der Waals surface area contributed by atoms with Crippen LogP contribution in [-0.2, 0) is 12.8 Å². The number of anilines is 1.